The minimum atomic E-state index is -0.809. The third kappa shape index (κ3) is 5.44. The maximum absolute atomic E-state index is 11.6. The largest absolute Gasteiger partial charge is 0.389 e. The molecular weight excluding hydrogens is 206 g/mol. The van der Waals surface area contributed by atoms with Gasteiger partial charge in [0.05, 0.1) is 11.6 Å². The smallest absolute Gasteiger partial charge is 0.251 e. The number of nitrogens with two attached hydrogens (primary N) is 1. The molecule has 0 saturated carbocycles. The van der Waals surface area contributed by atoms with Crippen molar-refractivity contribution in [2.24, 2.45) is 5.84 Å². The van der Waals surface area contributed by atoms with Gasteiger partial charge in [0.2, 0.25) is 0 Å². The van der Waals surface area contributed by atoms with Crippen LogP contribution in [0.15, 0.2) is 0 Å². The van der Waals surface area contributed by atoms with E-state index in [1.54, 1.807) is 13.8 Å². The topological polar surface area (TPSA) is 78.6 Å². The first-order chi connectivity index (χ1) is 7.35. The van der Waals surface area contributed by atoms with Crippen LogP contribution in [0.5, 0.6) is 0 Å². The number of carbonyl (C=O) groups excluding carboxylic acids is 1. The van der Waals surface area contributed by atoms with Crippen LogP contribution in [-0.2, 0) is 4.79 Å². The van der Waals surface area contributed by atoms with Crippen molar-refractivity contribution in [1.29, 1.82) is 0 Å². The highest BCUT2D eigenvalue weighted by atomic mass is 16.3. The molecule has 0 radical (unpaired) electrons. The lowest BCUT2D eigenvalue weighted by molar-refractivity contribution is -0.127. The van der Waals surface area contributed by atoms with Gasteiger partial charge in [0.15, 0.2) is 0 Å². The second kappa shape index (κ2) is 6.83. The number of hydrogen-bond donors (Lipinski definition) is 3. The van der Waals surface area contributed by atoms with E-state index in [4.69, 9.17) is 5.84 Å². The van der Waals surface area contributed by atoms with Crippen molar-refractivity contribution in [3.8, 4) is 0 Å². The van der Waals surface area contributed by atoms with Gasteiger partial charge in [-0.1, -0.05) is 20.3 Å². The first kappa shape index (κ1) is 15.3. The summed E-state index contributed by atoms with van der Waals surface area (Å²) in [5.74, 6) is 4.98. The molecule has 0 saturated heterocycles. The Morgan fingerprint density at radius 2 is 2.06 bits per heavy atom. The second-order valence-electron chi connectivity index (χ2n) is 4.69. The quantitative estimate of drug-likeness (QED) is 0.333. The van der Waals surface area contributed by atoms with E-state index in [-0.39, 0.29) is 11.9 Å². The Balaban J connectivity index is 4.64. The predicted octanol–water partition coefficient (Wildman–Crippen LogP) is 0.238. The summed E-state index contributed by atoms with van der Waals surface area (Å²) >= 11 is 0. The van der Waals surface area contributed by atoms with Crippen LogP contribution in [0.3, 0.4) is 0 Å². The summed E-state index contributed by atoms with van der Waals surface area (Å²) in [6.45, 7) is 8.63. The number of likely N-dealkylation sites (N-methyl/N-ethyl adjacent to an activating group) is 1. The number of carbonyl (C=O) groups is 1. The summed E-state index contributed by atoms with van der Waals surface area (Å²) in [6.07, 6.45) is 1.65. The van der Waals surface area contributed by atoms with Gasteiger partial charge in [-0.05, 0) is 26.8 Å². The van der Waals surface area contributed by atoms with Crippen LogP contribution in [0.2, 0.25) is 0 Å². The van der Waals surface area contributed by atoms with Crippen LogP contribution < -0.4 is 11.3 Å². The highest BCUT2D eigenvalue weighted by molar-refractivity contribution is 5.81. The monoisotopic (exact) mass is 231 g/mol. The molecule has 4 N–H and O–H groups in total. The molecule has 0 aliphatic rings. The highest BCUT2D eigenvalue weighted by Gasteiger charge is 2.27. The Morgan fingerprint density at radius 1 is 1.50 bits per heavy atom. The predicted molar refractivity (Wildman–Crippen MR) is 64.6 cm³/mol. The summed E-state index contributed by atoms with van der Waals surface area (Å²) < 4.78 is 0. The number of rotatable bonds is 7. The van der Waals surface area contributed by atoms with Gasteiger partial charge in [-0.15, -0.1) is 0 Å². The molecule has 0 aromatic heterocycles. The van der Waals surface area contributed by atoms with E-state index in [1.165, 1.54) is 0 Å². The van der Waals surface area contributed by atoms with Gasteiger partial charge in [-0.25, -0.2) is 5.84 Å². The SMILES string of the molecule is CCCC(C(=O)NN)N(CC)CC(C)(C)O. The minimum Gasteiger partial charge on any atom is -0.389 e. The summed E-state index contributed by atoms with van der Waals surface area (Å²) in [7, 11) is 0. The van der Waals surface area contributed by atoms with Gasteiger partial charge in [0.1, 0.15) is 0 Å². The maximum Gasteiger partial charge on any atom is 0.251 e. The van der Waals surface area contributed by atoms with Crippen molar-refractivity contribution in [3.05, 3.63) is 0 Å². The normalized spacial score (nSPS) is 13.9. The molecule has 0 spiro atoms. The third-order valence-corrected chi connectivity index (χ3v) is 2.44. The molecule has 5 nitrogen and oxygen atoms in total. The first-order valence-electron chi connectivity index (χ1n) is 5.82. The van der Waals surface area contributed by atoms with E-state index in [0.717, 1.165) is 12.8 Å². The van der Waals surface area contributed by atoms with Gasteiger partial charge >= 0.3 is 0 Å². The number of hydrazine groups is 1. The average Bonchev–Trinajstić information content (AvgIpc) is 2.20. The van der Waals surface area contributed by atoms with E-state index in [1.807, 2.05) is 18.7 Å². The maximum atomic E-state index is 11.6. The van der Waals surface area contributed by atoms with Gasteiger partial charge in [-0.2, -0.15) is 0 Å². The van der Waals surface area contributed by atoms with Crippen molar-refractivity contribution < 1.29 is 9.90 Å². The fourth-order valence-electron chi connectivity index (χ4n) is 1.79. The Hall–Kier alpha value is -0.650. The van der Waals surface area contributed by atoms with E-state index >= 15 is 0 Å². The lowest BCUT2D eigenvalue weighted by Crippen LogP contribution is -2.52. The fraction of sp³-hybridized carbons (Fsp3) is 0.909. The van der Waals surface area contributed by atoms with Crippen molar-refractivity contribution >= 4 is 5.91 Å². The molecule has 0 aliphatic carbocycles. The number of nitrogens with one attached hydrogen (secondary N) is 1. The van der Waals surface area contributed by atoms with Crippen LogP contribution in [0.4, 0.5) is 0 Å². The van der Waals surface area contributed by atoms with Gasteiger partial charge in [0.25, 0.3) is 5.91 Å². The molecule has 0 fully saturated rings. The lowest BCUT2D eigenvalue weighted by Gasteiger charge is -2.33. The summed E-state index contributed by atoms with van der Waals surface area (Å²) in [5.41, 5.74) is 1.38. The summed E-state index contributed by atoms with van der Waals surface area (Å²) in [5, 5.41) is 9.79. The molecule has 1 amide bonds. The zero-order valence-electron chi connectivity index (χ0n) is 10.8. The molecule has 0 aliphatic heterocycles. The van der Waals surface area contributed by atoms with Gasteiger partial charge in [-0.3, -0.25) is 15.1 Å². The molecule has 16 heavy (non-hydrogen) atoms. The van der Waals surface area contributed by atoms with Gasteiger partial charge in [0, 0.05) is 6.54 Å². The fourth-order valence-corrected chi connectivity index (χ4v) is 1.79. The number of aliphatic hydroxyl groups is 1. The molecule has 1 atom stereocenters. The Labute approximate surface area is 98.0 Å². The Morgan fingerprint density at radius 3 is 2.38 bits per heavy atom. The number of hydrogen-bond acceptors (Lipinski definition) is 4. The Kier molecular flexibility index (Phi) is 6.55. The number of amides is 1. The van der Waals surface area contributed by atoms with Crippen LogP contribution in [0.1, 0.15) is 40.5 Å². The standard InChI is InChI=1S/C11H25N3O2/c1-5-7-9(10(15)13-12)14(6-2)8-11(3,4)16/h9,16H,5-8,12H2,1-4H3,(H,13,15). The van der Waals surface area contributed by atoms with Crippen LogP contribution in [0.25, 0.3) is 0 Å². The second-order valence-corrected chi connectivity index (χ2v) is 4.69. The van der Waals surface area contributed by atoms with Crippen molar-refractivity contribution in [2.75, 3.05) is 13.1 Å². The van der Waals surface area contributed by atoms with Crippen molar-refractivity contribution in [2.45, 2.75) is 52.2 Å². The Bertz CT molecular complexity index is 214. The highest BCUT2D eigenvalue weighted by Crippen LogP contribution is 2.12. The summed E-state index contributed by atoms with van der Waals surface area (Å²) in [4.78, 5) is 13.6. The molecule has 1 unspecified atom stereocenters. The zero-order chi connectivity index (χ0) is 12.8. The van der Waals surface area contributed by atoms with E-state index in [2.05, 4.69) is 5.43 Å². The number of nitrogens with zero attached hydrogens (tertiary/aromatic N) is 1. The molecule has 0 bridgehead atoms. The molecule has 96 valence electrons. The molecule has 0 aromatic rings. The van der Waals surface area contributed by atoms with E-state index in [0.29, 0.717) is 13.1 Å². The van der Waals surface area contributed by atoms with Crippen molar-refractivity contribution in [1.82, 2.24) is 10.3 Å². The molecular formula is C11H25N3O2. The van der Waals surface area contributed by atoms with Crippen molar-refractivity contribution in [3.63, 3.8) is 0 Å². The first-order valence-corrected chi connectivity index (χ1v) is 5.82. The zero-order valence-corrected chi connectivity index (χ0v) is 10.8. The molecule has 0 aromatic carbocycles. The lowest BCUT2D eigenvalue weighted by atomic mass is 10.0. The molecule has 0 heterocycles. The third-order valence-electron chi connectivity index (χ3n) is 2.44. The van der Waals surface area contributed by atoms with Crippen LogP contribution >= 0.6 is 0 Å². The average molecular weight is 231 g/mol. The van der Waals surface area contributed by atoms with Crippen LogP contribution in [-0.4, -0.2) is 40.6 Å². The van der Waals surface area contributed by atoms with E-state index < -0.39 is 5.60 Å². The molecule has 5 heteroatoms. The minimum absolute atomic E-state index is 0.187. The summed E-state index contributed by atoms with van der Waals surface area (Å²) in [6, 6.07) is -0.258. The van der Waals surface area contributed by atoms with Crippen LogP contribution in [0, 0.1) is 0 Å². The van der Waals surface area contributed by atoms with E-state index in [9.17, 15) is 9.90 Å². The molecule has 0 rings (SSSR count). The van der Waals surface area contributed by atoms with Gasteiger partial charge < -0.3 is 5.11 Å².